The molecule has 0 aliphatic carbocycles. The number of rotatable bonds is 5. The van der Waals surface area contributed by atoms with Gasteiger partial charge in [-0.25, -0.2) is 0 Å². The Morgan fingerprint density at radius 1 is 1.13 bits per heavy atom. The fourth-order valence-corrected chi connectivity index (χ4v) is 4.47. The number of aromatic nitrogens is 1. The summed E-state index contributed by atoms with van der Waals surface area (Å²) in [5, 5.41) is 0. The maximum absolute atomic E-state index is 12.7. The van der Waals surface area contributed by atoms with E-state index in [-0.39, 0.29) is 18.9 Å². The van der Waals surface area contributed by atoms with E-state index in [0.717, 1.165) is 27.1 Å². The predicted molar refractivity (Wildman–Crippen MR) is 115 cm³/mol. The van der Waals surface area contributed by atoms with Crippen LogP contribution in [0.1, 0.15) is 11.1 Å². The predicted octanol–water partition coefficient (Wildman–Crippen LogP) is 2.63. The molecule has 1 aromatic heterocycles. The van der Waals surface area contributed by atoms with E-state index in [1.54, 1.807) is 17.7 Å². The molecule has 0 atom stereocenters. The fourth-order valence-electron chi connectivity index (χ4n) is 3.41. The molecule has 1 amide bonds. The van der Waals surface area contributed by atoms with E-state index in [0.29, 0.717) is 29.5 Å². The summed E-state index contributed by atoms with van der Waals surface area (Å²) in [4.78, 5) is 29.4. The molecule has 31 heavy (non-hydrogen) atoms. The second kappa shape index (κ2) is 8.81. The highest BCUT2D eigenvalue weighted by Crippen LogP contribution is 2.35. The van der Waals surface area contributed by atoms with Crippen molar-refractivity contribution in [1.82, 2.24) is 4.57 Å². The summed E-state index contributed by atoms with van der Waals surface area (Å²) in [5.41, 5.74) is 2.51. The van der Waals surface area contributed by atoms with Gasteiger partial charge in [0.1, 0.15) is 25.5 Å². The van der Waals surface area contributed by atoms with E-state index in [1.165, 1.54) is 18.4 Å². The zero-order valence-electron chi connectivity index (χ0n) is 17.5. The Bertz CT molecular complexity index is 1230. The van der Waals surface area contributed by atoms with Crippen LogP contribution in [0.15, 0.2) is 35.3 Å². The van der Waals surface area contributed by atoms with Crippen molar-refractivity contribution in [3.63, 3.8) is 0 Å². The van der Waals surface area contributed by atoms with Crippen LogP contribution in [0.3, 0.4) is 0 Å². The van der Waals surface area contributed by atoms with Crippen LogP contribution in [0.2, 0.25) is 0 Å². The van der Waals surface area contributed by atoms with Crippen molar-refractivity contribution in [2.75, 3.05) is 27.4 Å². The average Bonchev–Trinajstić information content (AvgIpc) is 3.07. The number of thiazole rings is 1. The monoisotopic (exact) mass is 442 g/mol. The lowest BCUT2D eigenvalue weighted by molar-refractivity contribution is -0.141. The van der Waals surface area contributed by atoms with Crippen LogP contribution in [0.4, 0.5) is 0 Å². The van der Waals surface area contributed by atoms with Crippen LogP contribution >= 0.6 is 11.3 Å². The third-order valence-corrected chi connectivity index (χ3v) is 5.94. The van der Waals surface area contributed by atoms with Gasteiger partial charge in [-0.05, 0) is 24.1 Å². The van der Waals surface area contributed by atoms with Gasteiger partial charge in [-0.1, -0.05) is 23.5 Å². The summed E-state index contributed by atoms with van der Waals surface area (Å²) in [6, 6.07) is 9.23. The van der Waals surface area contributed by atoms with Gasteiger partial charge in [-0.15, -0.1) is 0 Å². The number of esters is 1. The Morgan fingerprint density at radius 2 is 1.87 bits per heavy atom. The molecule has 0 saturated heterocycles. The summed E-state index contributed by atoms with van der Waals surface area (Å²) in [5.74, 6) is 1.25. The second-order valence-corrected chi connectivity index (χ2v) is 8.01. The Kier molecular flexibility index (Phi) is 5.94. The molecule has 8 nitrogen and oxygen atoms in total. The Morgan fingerprint density at radius 3 is 2.55 bits per heavy atom. The topological polar surface area (TPSA) is 88.4 Å². The lowest BCUT2D eigenvalue weighted by Gasteiger charge is -2.18. The van der Waals surface area contributed by atoms with Gasteiger partial charge in [0.05, 0.1) is 30.9 Å². The minimum absolute atomic E-state index is 0.0656. The summed E-state index contributed by atoms with van der Waals surface area (Å²) in [7, 11) is 2.93. The average molecular weight is 442 g/mol. The highest BCUT2D eigenvalue weighted by Gasteiger charge is 2.18. The number of methoxy groups -OCH3 is 2. The van der Waals surface area contributed by atoms with E-state index in [1.807, 2.05) is 31.2 Å². The van der Waals surface area contributed by atoms with Crippen molar-refractivity contribution in [2.24, 2.45) is 4.99 Å². The van der Waals surface area contributed by atoms with Crippen LogP contribution in [0.5, 0.6) is 17.2 Å². The number of amides is 1. The van der Waals surface area contributed by atoms with Gasteiger partial charge < -0.3 is 23.5 Å². The van der Waals surface area contributed by atoms with Crippen molar-refractivity contribution >= 4 is 33.4 Å². The molecule has 3 aromatic rings. The molecule has 0 spiro atoms. The summed E-state index contributed by atoms with van der Waals surface area (Å²) in [6.07, 6.45) is 0.139. The first-order chi connectivity index (χ1) is 15.0. The first-order valence-corrected chi connectivity index (χ1v) is 10.5. The number of ether oxygens (including phenoxy) is 4. The molecule has 0 fully saturated rings. The maximum atomic E-state index is 12.7. The zero-order valence-corrected chi connectivity index (χ0v) is 18.3. The van der Waals surface area contributed by atoms with Gasteiger partial charge >= 0.3 is 5.97 Å². The normalized spacial score (nSPS) is 13.3. The number of aryl methyl sites for hydroxylation is 1. The van der Waals surface area contributed by atoms with Crippen molar-refractivity contribution in [1.29, 1.82) is 0 Å². The molecule has 2 heterocycles. The number of carbonyl (C=O) groups excluding carboxylic acids is 2. The van der Waals surface area contributed by atoms with Crippen molar-refractivity contribution in [2.45, 2.75) is 19.9 Å². The molecular formula is C22H22N2O6S. The van der Waals surface area contributed by atoms with E-state index in [4.69, 9.17) is 18.9 Å². The SMILES string of the molecule is COC(=O)Cn1c(=NC(=O)Cc2ccc(OC)c(C)c2)sc2cc3c(cc21)OCCO3. The number of fused-ring (bicyclic) bond motifs is 2. The van der Waals surface area contributed by atoms with Crippen molar-refractivity contribution < 1.29 is 28.5 Å². The molecule has 162 valence electrons. The number of benzene rings is 2. The Balaban J connectivity index is 1.73. The van der Waals surface area contributed by atoms with Crippen LogP contribution in [0, 0.1) is 6.92 Å². The molecule has 4 rings (SSSR count). The molecule has 0 saturated carbocycles. The highest BCUT2D eigenvalue weighted by atomic mass is 32.1. The molecule has 1 aliphatic heterocycles. The molecule has 0 unspecified atom stereocenters. The van der Waals surface area contributed by atoms with Crippen LogP contribution in [-0.4, -0.2) is 43.9 Å². The summed E-state index contributed by atoms with van der Waals surface area (Å²) >= 11 is 1.31. The first-order valence-electron chi connectivity index (χ1n) is 9.69. The first kappa shape index (κ1) is 20.9. The third kappa shape index (κ3) is 4.41. The lowest BCUT2D eigenvalue weighted by Crippen LogP contribution is -2.23. The molecule has 9 heteroatoms. The summed E-state index contributed by atoms with van der Waals surface area (Å²) < 4.78 is 23.9. The molecule has 0 N–H and O–H groups in total. The number of nitrogens with zero attached hydrogens (tertiary/aromatic N) is 2. The van der Waals surface area contributed by atoms with E-state index < -0.39 is 5.97 Å². The second-order valence-electron chi connectivity index (χ2n) is 7.00. The van der Waals surface area contributed by atoms with Gasteiger partial charge in [0.15, 0.2) is 16.3 Å². The fraction of sp³-hybridized carbons (Fsp3) is 0.318. The van der Waals surface area contributed by atoms with Crippen molar-refractivity contribution in [3.8, 4) is 17.2 Å². The van der Waals surface area contributed by atoms with Crippen LogP contribution in [-0.2, 0) is 27.3 Å². The minimum Gasteiger partial charge on any atom is -0.496 e. The molecular weight excluding hydrogens is 420 g/mol. The zero-order chi connectivity index (χ0) is 22.0. The van der Waals surface area contributed by atoms with Gasteiger partial charge in [-0.2, -0.15) is 4.99 Å². The minimum atomic E-state index is -0.436. The molecule has 0 bridgehead atoms. The lowest BCUT2D eigenvalue weighted by atomic mass is 10.1. The quantitative estimate of drug-likeness (QED) is 0.565. The van der Waals surface area contributed by atoms with Gasteiger partial charge in [-0.3, -0.25) is 9.59 Å². The number of hydrogen-bond donors (Lipinski definition) is 0. The Labute approximate surface area is 182 Å². The van der Waals surface area contributed by atoms with Gasteiger partial charge in [0.2, 0.25) is 0 Å². The molecule has 2 aromatic carbocycles. The number of hydrogen-bond acceptors (Lipinski definition) is 7. The van der Waals surface area contributed by atoms with Crippen LogP contribution < -0.4 is 19.0 Å². The summed E-state index contributed by atoms with van der Waals surface area (Å²) in [6.45, 7) is 2.79. The third-order valence-electron chi connectivity index (χ3n) is 4.90. The number of carbonyl (C=O) groups is 2. The maximum Gasteiger partial charge on any atom is 0.325 e. The Hall–Kier alpha value is -3.33. The molecule has 0 radical (unpaired) electrons. The standard InChI is InChI=1S/C22H22N2O6S/c1-13-8-14(4-5-16(13)27-2)9-20(25)23-22-24(12-21(26)28-3)15-10-17-18(11-19(15)31-22)30-7-6-29-17/h4-5,8,10-11H,6-7,9,12H2,1-3H3. The smallest absolute Gasteiger partial charge is 0.325 e. The van der Waals surface area contributed by atoms with Gasteiger partial charge in [0, 0.05) is 12.1 Å². The van der Waals surface area contributed by atoms with Crippen molar-refractivity contribution in [3.05, 3.63) is 46.3 Å². The van der Waals surface area contributed by atoms with E-state index >= 15 is 0 Å². The molecule has 1 aliphatic rings. The van der Waals surface area contributed by atoms with Crippen LogP contribution in [0.25, 0.3) is 10.2 Å². The van der Waals surface area contributed by atoms with E-state index in [9.17, 15) is 9.59 Å². The van der Waals surface area contributed by atoms with E-state index in [2.05, 4.69) is 4.99 Å². The largest absolute Gasteiger partial charge is 0.496 e. The highest BCUT2D eigenvalue weighted by molar-refractivity contribution is 7.16. The van der Waals surface area contributed by atoms with Gasteiger partial charge in [0.25, 0.3) is 5.91 Å².